The molecule has 160 valence electrons. The molecule has 3 rings (SSSR count). The predicted molar refractivity (Wildman–Crippen MR) is 125 cm³/mol. The van der Waals surface area contributed by atoms with E-state index in [-0.39, 0.29) is 5.78 Å². The fraction of sp³-hybridized carbons (Fsp3) is 0.500. The minimum atomic E-state index is 0.255. The Bertz CT molecular complexity index is 809. The highest BCUT2D eigenvalue weighted by Crippen LogP contribution is 2.37. The zero-order valence-electron chi connectivity index (χ0n) is 18.7. The number of carbonyl (C=O) groups is 2. The molecule has 0 aliphatic heterocycles. The second kappa shape index (κ2) is 11.2. The van der Waals surface area contributed by atoms with Crippen LogP contribution in [0.15, 0.2) is 48.5 Å². The molecule has 0 atom stereocenters. The van der Waals surface area contributed by atoms with Gasteiger partial charge in [-0.1, -0.05) is 81.6 Å². The molecule has 0 bridgehead atoms. The van der Waals surface area contributed by atoms with Crippen LogP contribution < -0.4 is 0 Å². The van der Waals surface area contributed by atoms with E-state index in [0.29, 0.717) is 30.5 Å². The van der Waals surface area contributed by atoms with Gasteiger partial charge in [-0.15, -0.1) is 0 Å². The van der Waals surface area contributed by atoms with Gasteiger partial charge >= 0.3 is 0 Å². The summed E-state index contributed by atoms with van der Waals surface area (Å²) in [5.41, 5.74) is 4.56. The Morgan fingerprint density at radius 2 is 1.37 bits per heavy atom. The van der Waals surface area contributed by atoms with Crippen molar-refractivity contribution in [1.82, 2.24) is 0 Å². The lowest BCUT2D eigenvalue weighted by atomic mass is 9.76. The van der Waals surface area contributed by atoms with Crippen LogP contribution in [-0.2, 0) is 4.79 Å². The highest BCUT2D eigenvalue weighted by molar-refractivity contribution is 5.96. The van der Waals surface area contributed by atoms with E-state index in [4.69, 9.17) is 0 Å². The van der Waals surface area contributed by atoms with Gasteiger partial charge in [0.25, 0.3) is 0 Å². The molecule has 2 heteroatoms. The Morgan fingerprint density at radius 1 is 0.767 bits per heavy atom. The van der Waals surface area contributed by atoms with Gasteiger partial charge < -0.3 is 0 Å². The first-order valence-corrected chi connectivity index (χ1v) is 11.9. The summed E-state index contributed by atoms with van der Waals surface area (Å²) in [5, 5.41) is 0. The topological polar surface area (TPSA) is 34.1 Å². The summed E-state index contributed by atoms with van der Waals surface area (Å²) >= 11 is 0. The number of ketones is 2. The zero-order valence-corrected chi connectivity index (χ0v) is 18.7. The van der Waals surface area contributed by atoms with Crippen LogP contribution >= 0.6 is 0 Å². The van der Waals surface area contributed by atoms with Gasteiger partial charge in [-0.05, 0) is 54.7 Å². The van der Waals surface area contributed by atoms with Crippen molar-refractivity contribution in [1.29, 1.82) is 0 Å². The molecule has 1 aliphatic carbocycles. The molecule has 2 aromatic carbocycles. The van der Waals surface area contributed by atoms with Gasteiger partial charge in [0.1, 0.15) is 5.78 Å². The molecule has 2 aromatic rings. The Morgan fingerprint density at radius 3 is 1.93 bits per heavy atom. The van der Waals surface area contributed by atoms with E-state index in [1.807, 2.05) is 19.1 Å². The lowest BCUT2D eigenvalue weighted by Crippen LogP contribution is -2.20. The van der Waals surface area contributed by atoms with E-state index >= 15 is 0 Å². The first kappa shape index (κ1) is 22.5. The standard InChI is InChI=1S/C28H36O2/c1-3-5-6-7-8-28(30)26-19-15-24(16-20-26)22-11-9-21(10-12-22)23-13-17-25(18-14-23)27(29)4-2/h9-12,15-16,19-20,23,25H,3-8,13-14,17-18H2,1-2H3. The van der Waals surface area contributed by atoms with Crippen molar-refractivity contribution in [2.24, 2.45) is 5.92 Å². The van der Waals surface area contributed by atoms with E-state index in [1.54, 1.807) is 0 Å². The summed E-state index contributed by atoms with van der Waals surface area (Å²) in [5.74, 6) is 1.56. The third-order valence-electron chi connectivity index (χ3n) is 6.71. The Hall–Kier alpha value is -2.22. The van der Waals surface area contributed by atoms with Crippen LogP contribution in [0.2, 0.25) is 0 Å². The molecular weight excluding hydrogens is 368 g/mol. The van der Waals surface area contributed by atoms with Gasteiger partial charge in [0.15, 0.2) is 5.78 Å². The molecule has 1 fully saturated rings. The van der Waals surface area contributed by atoms with Crippen LogP contribution in [-0.4, -0.2) is 11.6 Å². The summed E-state index contributed by atoms with van der Waals surface area (Å²) in [7, 11) is 0. The molecule has 0 N–H and O–H groups in total. The summed E-state index contributed by atoms with van der Waals surface area (Å²) < 4.78 is 0. The minimum Gasteiger partial charge on any atom is -0.299 e. The third-order valence-corrected chi connectivity index (χ3v) is 6.71. The molecule has 0 spiro atoms. The Labute approximate surface area is 182 Å². The molecule has 0 aromatic heterocycles. The Kier molecular flexibility index (Phi) is 8.42. The van der Waals surface area contributed by atoms with E-state index in [9.17, 15) is 9.59 Å². The quantitative estimate of drug-likeness (QED) is 0.299. The number of hydrogen-bond donors (Lipinski definition) is 0. The van der Waals surface area contributed by atoms with Gasteiger partial charge in [-0.25, -0.2) is 0 Å². The molecule has 30 heavy (non-hydrogen) atoms. The predicted octanol–water partition coefficient (Wildman–Crippen LogP) is 7.76. The normalized spacial score (nSPS) is 18.9. The highest BCUT2D eigenvalue weighted by atomic mass is 16.1. The highest BCUT2D eigenvalue weighted by Gasteiger charge is 2.25. The van der Waals surface area contributed by atoms with E-state index in [1.165, 1.54) is 24.0 Å². The first-order valence-electron chi connectivity index (χ1n) is 11.9. The van der Waals surface area contributed by atoms with Gasteiger partial charge in [-0.2, -0.15) is 0 Å². The number of hydrogen-bond acceptors (Lipinski definition) is 2. The fourth-order valence-electron chi connectivity index (χ4n) is 4.69. The second-order valence-corrected chi connectivity index (χ2v) is 8.80. The van der Waals surface area contributed by atoms with E-state index < -0.39 is 0 Å². The third kappa shape index (κ3) is 5.90. The van der Waals surface area contributed by atoms with Crippen LogP contribution in [0.25, 0.3) is 11.1 Å². The van der Waals surface area contributed by atoms with Crippen molar-refractivity contribution in [3.05, 3.63) is 59.7 Å². The maximum absolute atomic E-state index is 12.3. The van der Waals surface area contributed by atoms with Crippen molar-refractivity contribution in [3.63, 3.8) is 0 Å². The molecule has 1 aliphatic rings. The monoisotopic (exact) mass is 404 g/mol. The van der Waals surface area contributed by atoms with Crippen molar-refractivity contribution >= 4 is 11.6 Å². The van der Waals surface area contributed by atoms with Crippen molar-refractivity contribution < 1.29 is 9.59 Å². The van der Waals surface area contributed by atoms with Crippen LogP contribution in [0, 0.1) is 5.92 Å². The van der Waals surface area contributed by atoms with Gasteiger partial charge in [0.05, 0.1) is 0 Å². The maximum Gasteiger partial charge on any atom is 0.162 e. The van der Waals surface area contributed by atoms with Gasteiger partial charge in [-0.3, -0.25) is 9.59 Å². The molecule has 0 saturated heterocycles. The van der Waals surface area contributed by atoms with Crippen molar-refractivity contribution in [2.75, 3.05) is 0 Å². The van der Waals surface area contributed by atoms with Crippen LogP contribution in [0.3, 0.4) is 0 Å². The summed E-state index contributed by atoms with van der Waals surface area (Å²) in [6.07, 6.45) is 10.2. The number of Topliss-reactive ketones (excluding diaryl/α,β-unsaturated/α-hetero) is 2. The lowest BCUT2D eigenvalue weighted by Gasteiger charge is -2.28. The molecule has 0 radical (unpaired) electrons. The van der Waals surface area contributed by atoms with E-state index in [0.717, 1.165) is 49.7 Å². The Balaban J connectivity index is 1.56. The van der Waals surface area contributed by atoms with Gasteiger partial charge in [0, 0.05) is 24.3 Å². The van der Waals surface area contributed by atoms with Gasteiger partial charge in [0.2, 0.25) is 0 Å². The fourth-order valence-corrected chi connectivity index (χ4v) is 4.69. The molecule has 0 amide bonds. The van der Waals surface area contributed by atoms with Crippen molar-refractivity contribution in [3.8, 4) is 11.1 Å². The van der Waals surface area contributed by atoms with Crippen LogP contribution in [0.1, 0.15) is 99.9 Å². The molecule has 2 nitrogen and oxygen atoms in total. The number of benzene rings is 2. The summed E-state index contributed by atoms with van der Waals surface area (Å²) in [4.78, 5) is 24.3. The van der Waals surface area contributed by atoms with E-state index in [2.05, 4.69) is 43.3 Å². The minimum absolute atomic E-state index is 0.255. The summed E-state index contributed by atoms with van der Waals surface area (Å²) in [6.45, 7) is 4.16. The zero-order chi connectivity index (χ0) is 21.3. The number of unbranched alkanes of at least 4 members (excludes halogenated alkanes) is 3. The van der Waals surface area contributed by atoms with Crippen LogP contribution in [0.5, 0.6) is 0 Å². The second-order valence-electron chi connectivity index (χ2n) is 8.80. The molecule has 0 heterocycles. The average molecular weight is 405 g/mol. The number of rotatable bonds is 10. The maximum atomic E-state index is 12.3. The first-order chi connectivity index (χ1) is 14.6. The SMILES string of the molecule is CCCCCCC(=O)c1ccc(-c2ccc(C3CCC(C(=O)CC)CC3)cc2)cc1. The largest absolute Gasteiger partial charge is 0.299 e. The number of carbonyl (C=O) groups excluding carboxylic acids is 2. The molecular formula is C28H36O2. The summed E-state index contributed by atoms with van der Waals surface area (Å²) in [6, 6.07) is 16.9. The smallest absolute Gasteiger partial charge is 0.162 e. The molecule has 0 unspecified atom stereocenters. The lowest BCUT2D eigenvalue weighted by molar-refractivity contribution is -0.123. The molecule has 1 saturated carbocycles. The van der Waals surface area contributed by atoms with Crippen LogP contribution in [0.4, 0.5) is 0 Å². The average Bonchev–Trinajstić information content (AvgIpc) is 2.81. The van der Waals surface area contributed by atoms with Crippen molar-refractivity contribution in [2.45, 2.75) is 84.0 Å².